The lowest BCUT2D eigenvalue weighted by atomic mass is 10.3. The van der Waals surface area contributed by atoms with Crippen LogP contribution in [0.2, 0.25) is 0 Å². The van der Waals surface area contributed by atoms with Crippen molar-refractivity contribution in [1.29, 1.82) is 0 Å². The molecule has 0 radical (unpaired) electrons. The average molecular weight is 178 g/mol. The van der Waals surface area contributed by atoms with Gasteiger partial charge in [-0.3, -0.25) is 4.98 Å². The van der Waals surface area contributed by atoms with E-state index in [2.05, 4.69) is 10.3 Å². The molecule has 0 amide bonds. The lowest BCUT2D eigenvalue weighted by Gasteiger charge is -2.09. The van der Waals surface area contributed by atoms with Gasteiger partial charge in [0.25, 0.3) is 0 Å². The summed E-state index contributed by atoms with van der Waals surface area (Å²) < 4.78 is 5.69. The van der Waals surface area contributed by atoms with E-state index in [4.69, 9.17) is 4.74 Å². The number of hydrogen-bond acceptors (Lipinski definition) is 3. The van der Waals surface area contributed by atoms with Gasteiger partial charge in [-0.2, -0.15) is 0 Å². The van der Waals surface area contributed by atoms with Crippen molar-refractivity contribution < 1.29 is 4.74 Å². The number of rotatable bonds is 3. The number of aromatic nitrogens is 1. The van der Waals surface area contributed by atoms with Gasteiger partial charge in [-0.15, -0.1) is 0 Å². The van der Waals surface area contributed by atoms with Gasteiger partial charge in [0.15, 0.2) is 0 Å². The third kappa shape index (κ3) is 2.50. The first-order valence-corrected chi connectivity index (χ1v) is 4.66. The Hall–Kier alpha value is -0.930. The summed E-state index contributed by atoms with van der Waals surface area (Å²) >= 11 is 0. The Bertz CT molecular complexity index is 244. The van der Waals surface area contributed by atoms with Gasteiger partial charge in [-0.05, 0) is 24.6 Å². The maximum atomic E-state index is 5.69. The van der Waals surface area contributed by atoms with Crippen LogP contribution in [-0.4, -0.2) is 24.2 Å². The largest absolute Gasteiger partial charge is 0.372 e. The predicted molar refractivity (Wildman–Crippen MR) is 50.3 cm³/mol. The second kappa shape index (κ2) is 4.35. The SMILES string of the molecule is c1cncc(CO[C@@H]2CCNC2)c1. The van der Waals surface area contributed by atoms with E-state index in [1.54, 1.807) is 6.20 Å². The molecule has 1 saturated heterocycles. The Morgan fingerprint density at radius 1 is 1.62 bits per heavy atom. The third-order valence-electron chi connectivity index (χ3n) is 2.22. The van der Waals surface area contributed by atoms with E-state index >= 15 is 0 Å². The van der Waals surface area contributed by atoms with Gasteiger partial charge in [-0.1, -0.05) is 6.07 Å². The molecule has 1 aliphatic heterocycles. The van der Waals surface area contributed by atoms with Gasteiger partial charge in [0, 0.05) is 18.9 Å². The number of ether oxygens (including phenoxy) is 1. The molecule has 1 fully saturated rings. The van der Waals surface area contributed by atoms with E-state index in [1.807, 2.05) is 18.3 Å². The van der Waals surface area contributed by atoms with Gasteiger partial charge < -0.3 is 10.1 Å². The van der Waals surface area contributed by atoms with Crippen molar-refractivity contribution in [1.82, 2.24) is 10.3 Å². The molecular weight excluding hydrogens is 164 g/mol. The monoisotopic (exact) mass is 178 g/mol. The van der Waals surface area contributed by atoms with Crippen molar-refractivity contribution in [3.05, 3.63) is 30.1 Å². The number of hydrogen-bond donors (Lipinski definition) is 1. The number of nitrogens with zero attached hydrogens (tertiary/aromatic N) is 1. The van der Waals surface area contributed by atoms with Crippen molar-refractivity contribution in [2.45, 2.75) is 19.1 Å². The summed E-state index contributed by atoms with van der Waals surface area (Å²) in [6.07, 6.45) is 5.14. The highest BCUT2D eigenvalue weighted by molar-refractivity contribution is 5.06. The molecule has 1 N–H and O–H groups in total. The molecule has 2 heterocycles. The molecule has 0 saturated carbocycles. The summed E-state index contributed by atoms with van der Waals surface area (Å²) in [5.74, 6) is 0. The molecule has 0 aliphatic carbocycles. The van der Waals surface area contributed by atoms with Crippen LogP contribution in [0.3, 0.4) is 0 Å². The molecule has 1 aliphatic rings. The average Bonchev–Trinajstić information content (AvgIpc) is 2.69. The van der Waals surface area contributed by atoms with Gasteiger partial charge in [-0.25, -0.2) is 0 Å². The van der Waals surface area contributed by atoms with Gasteiger partial charge in [0.1, 0.15) is 0 Å². The van der Waals surface area contributed by atoms with Crippen LogP contribution in [0, 0.1) is 0 Å². The normalized spacial score (nSPS) is 22.0. The van der Waals surface area contributed by atoms with Crippen molar-refractivity contribution in [3.8, 4) is 0 Å². The molecule has 3 nitrogen and oxygen atoms in total. The second-order valence-electron chi connectivity index (χ2n) is 3.29. The maximum Gasteiger partial charge on any atom is 0.0736 e. The smallest absolute Gasteiger partial charge is 0.0736 e. The minimum absolute atomic E-state index is 0.389. The van der Waals surface area contributed by atoms with E-state index in [-0.39, 0.29) is 0 Å². The summed E-state index contributed by atoms with van der Waals surface area (Å²) in [5, 5.41) is 3.27. The van der Waals surface area contributed by atoms with Crippen LogP contribution >= 0.6 is 0 Å². The van der Waals surface area contributed by atoms with Crippen LogP contribution in [0.15, 0.2) is 24.5 Å². The summed E-state index contributed by atoms with van der Waals surface area (Å²) in [4.78, 5) is 4.03. The molecule has 70 valence electrons. The highest BCUT2D eigenvalue weighted by atomic mass is 16.5. The molecule has 13 heavy (non-hydrogen) atoms. The highest BCUT2D eigenvalue weighted by Crippen LogP contribution is 2.07. The van der Waals surface area contributed by atoms with E-state index in [0.717, 1.165) is 25.1 Å². The van der Waals surface area contributed by atoms with Gasteiger partial charge in [0.05, 0.1) is 12.7 Å². The van der Waals surface area contributed by atoms with E-state index in [1.165, 1.54) is 0 Å². The van der Waals surface area contributed by atoms with Crippen molar-refractivity contribution in [2.24, 2.45) is 0 Å². The van der Waals surface area contributed by atoms with Crippen molar-refractivity contribution in [2.75, 3.05) is 13.1 Å². The fraction of sp³-hybridized carbons (Fsp3) is 0.500. The maximum absolute atomic E-state index is 5.69. The summed E-state index contributed by atoms with van der Waals surface area (Å²) in [6.45, 7) is 2.75. The van der Waals surface area contributed by atoms with Crippen molar-refractivity contribution >= 4 is 0 Å². The van der Waals surface area contributed by atoms with Crippen LogP contribution in [-0.2, 0) is 11.3 Å². The zero-order valence-corrected chi connectivity index (χ0v) is 7.57. The molecule has 3 heteroatoms. The zero-order chi connectivity index (χ0) is 8.93. The lowest BCUT2D eigenvalue weighted by molar-refractivity contribution is 0.0541. The Labute approximate surface area is 78.1 Å². The fourth-order valence-electron chi connectivity index (χ4n) is 1.47. The van der Waals surface area contributed by atoms with Crippen LogP contribution < -0.4 is 5.32 Å². The number of pyridine rings is 1. The minimum Gasteiger partial charge on any atom is -0.372 e. The molecule has 0 unspecified atom stereocenters. The lowest BCUT2D eigenvalue weighted by Crippen LogP contribution is -2.16. The first-order valence-electron chi connectivity index (χ1n) is 4.66. The second-order valence-corrected chi connectivity index (χ2v) is 3.29. The van der Waals surface area contributed by atoms with Crippen LogP contribution in [0.1, 0.15) is 12.0 Å². The Morgan fingerprint density at radius 2 is 2.62 bits per heavy atom. The molecule has 1 atom stereocenters. The van der Waals surface area contributed by atoms with Crippen LogP contribution in [0.5, 0.6) is 0 Å². The molecule has 1 aromatic heterocycles. The van der Waals surface area contributed by atoms with Crippen molar-refractivity contribution in [3.63, 3.8) is 0 Å². The molecule has 0 spiro atoms. The highest BCUT2D eigenvalue weighted by Gasteiger charge is 2.14. The Balaban J connectivity index is 1.79. The topological polar surface area (TPSA) is 34.1 Å². The quantitative estimate of drug-likeness (QED) is 0.748. The van der Waals surface area contributed by atoms with E-state index in [0.29, 0.717) is 12.7 Å². The van der Waals surface area contributed by atoms with E-state index in [9.17, 15) is 0 Å². The summed E-state index contributed by atoms with van der Waals surface area (Å²) in [7, 11) is 0. The van der Waals surface area contributed by atoms with E-state index < -0.39 is 0 Å². The Morgan fingerprint density at radius 3 is 3.31 bits per heavy atom. The van der Waals surface area contributed by atoms with Crippen LogP contribution in [0.25, 0.3) is 0 Å². The molecule has 0 aromatic carbocycles. The standard InChI is InChI=1S/C10H14N2O/c1-2-9(6-11-4-1)8-13-10-3-5-12-7-10/h1-2,4,6,10,12H,3,5,7-8H2/t10-/m1/s1. The zero-order valence-electron chi connectivity index (χ0n) is 7.57. The van der Waals surface area contributed by atoms with Gasteiger partial charge in [0.2, 0.25) is 0 Å². The predicted octanol–water partition coefficient (Wildman–Crippen LogP) is 0.960. The molecule has 2 rings (SSSR count). The minimum atomic E-state index is 0.389. The third-order valence-corrected chi connectivity index (χ3v) is 2.22. The Kier molecular flexibility index (Phi) is 2.90. The first-order chi connectivity index (χ1) is 6.45. The van der Waals surface area contributed by atoms with Gasteiger partial charge >= 0.3 is 0 Å². The fourth-order valence-corrected chi connectivity index (χ4v) is 1.47. The molecule has 0 bridgehead atoms. The summed E-state index contributed by atoms with van der Waals surface area (Å²) in [6, 6.07) is 3.97. The molecule has 1 aromatic rings. The first kappa shape index (κ1) is 8.66. The van der Waals surface area contributed by atoms with Crippen LogP contribution in [0.4, 0.5) is 0 Å². The number of nitrogens with one attached hydrogen (secondary N) is 1. The molecular formula is C10H14N2O. The summed E-state index contributed by atoms with van der Waals surface area (Å²) in [5.41, 5.74) is 1.15.